The monoisotopic (exact) mass is 289 g/mol. The van der Waals surface area contributed by atoms with Gasteiger partial charge in [-0.15, -0.1) is 0 Å². The second-order valence-electron chi connectivity index (χ2n) is 7.11. The van der Waals surface area contributed by atoms with Crippen LogP contribution in [-0.2, 0) is 7.05 Å². The highest BCUT2D eigenvalue weighted by atomic mass is 16.4. The third-order valence-electron chi connectivity index (χ3n) is 3.61. The highest BCUT2D eigenvalue weighted by Gasteiger charge is 2.19. The van der Waals surface area contributed by atoms with Crippen molar-refractivity contribution in [3.8, 4) is 0 Å². The van der Waals surface area contributed by atoms with E-state index in [-0.39, 0.29) is 11.2 Å². The Morgan fingerprint density at radius 1 is 1.33 bits per heavy atom. The highest BCUT2D eigenvalue weighted by molar-refractivity contribution is 5.98. The molecule has 1 heterocycles. The molecule has 0 aliphatic rings. The Labute approximate surface area is 124 Å². The van der Waals surface area contributed by atoms with Gasteiger partial charge < -0.3 is 4.42 Å². The standard InChI is InChI=1S/C17H23NO3/c1-11(10-17(2,3)4)8-14(19)12-6-7-13-15(9-12)21-16(20)18(13)5/h6-7,9,11H,8,10H2,1-5H3. The third kappa shape index (κ3) is 3.63. The lowest BCUT2D eigenvalue weighted by Crippen LogP contribution is -2.14. The Kier molecular flexibility index (Phi) is 4.08. The summed E-state index contributed by atoms with van der Waals surface area (Å²) in [5.74, 6) is 0.0202. The van der Waals surface area contributed by atoms with Crippen molar-refractivity contribution < 1.29 is 9.21 Å². The Bertz CT molecular complexity index is 716. The molecule has 0 fully saturated rings. The van der Waals surface area contributed by atoms with E-state index >= 15 is 0 Å². The van der Waals surface area contributed by atoms with Gasteiger partial charge in [0.05, 0.1) is 5.52 Å². The zero-order valence-corrected chi connectivity index (χ0v) is 13.4. The molecular weight excluding hydrogens is 266 g/mol. The molecule has 0 saturated heterocycles. The van der Waals surface area contributed by atoms with Gasteiger partial charge >= 0.3 is 5.76 Å². The lowest BCUT2D eigenvalue weighted by Gasteiger charge is -2.22. The Morgan fingerprint density at radius 2 is 2.00 bits per heavy atom. The Morgan fingerprint density at radius 3 is 2.62 bits per heavy atom. The fraction of sp³-hybridized carbons (Fsp3) is 0.529. The molecule has 114 valence electrons. The van der Waals surface area contributed by atoms with E-state index in [2.05, 4.69) is 27.7 Å². The number of carbonyl (C=O) groups excluding carboxylic acids is 1. The van der Waals surface area contributed by atoms with Crippen molar-refractivity contribution in [2.24, 2.45) is 18.4 Å². The number of benzene rings is 1. The van der Waals surface area contributed by atoms with Crippen molar-refractivity contribution in [1.29, 1.82) is 0 Å². The van der Waals surface area contributed by atoms with Gasteiger partial charge in [-0.05, 0) is 36.0 Å². The number of rotatable bonds is 4. The van der Waals surface area contributed by atoms with E-state index in [0.29, 0.717) is 29.0 Å². The molecule has 4 nitrogen and oxygen atoms in total. The van der Waals surface area contributed by atoms with Gasteiger partial charge in [0, 0.05) is 19.0 Å². The van der Waals surface area contributed by atoms with Crippen LogP contribution in [-0.4, -0.2) is 10.4 Å². The summed E-state index contributed by atoms with van der Waals surface area (Å²) < 4.78 is 6.57. The van der Waals surface area contributed by atoms with Crippen LogP contribution in [0.1, 0.15) is 50.9 Å². The van der Waals surface area contributed by atoms with Gasteiger partial charge in [0.1, 0.15) is 0 Å². The Hall–Kier alpha value is -1.84. The van der Waals surface area contributed by atoms with Crippen LogP contribution in [0.2, 0.25) is 0 Å². The summed E-state index contributed by atoms with van der Waals surface area (Å²) in [6.45, 7) is 8.64. The van der Waals surface area contributed by atoms with E-state index < -0.39 is 5.76 Å². The fourth-order valence-electron chi connectivity index (χ4n) is 2.86. The largest absolute Gasteiger partial charge is 0.419 e. The lowest BCUT2D eigenvalue weighted by molar-refractivity contribution is 0.0954. The average Bonchev–Trinajstić information content (AvgIpc) is 2.62. The minimum Gasteiger partial charge on any atom is -0.408 e. The molecular formula is C17H23NO3. The number of hydrogen-bond acceptors (Lipinski definition) is 3. The molecule has 0 spiro atoms. The molecule has 1 aromatic heterocycles. The maximum atomic E-state index is 12.3. The van der Waals surface area contributed by atoms with Crippen molar-refractivity contribution in [3.63, 3.8) is 0 Å². The zero-order chi connectivity index (χ0) is 15.8. The maximum absolute atomic E-state index is 12.3. The summed E-state index contributed by atoms with van der Waals surface area (Å²) in [5, 5.41) is 0. The van der Waals surface area contributed by atoms with Crippen molar-refractivity contribution in [2.75, 3.05) is 0 Å². The molecule has 1 aromatic carbocycles. The normalized spacial score (nSPS) is 13.6. The van der Waals surface area contributed by atoms with Crippen LogP contribution in [0.5, 0.6) is 0 Å². The smallest absolute Gasteiger partial charge is 0.408 e. The molecule has 1 unspecified atom stereocenters. The molecule has 0 bridgehead atoms. The summed E-state index contributed by atoms with van der Waals surface area (Å²) >= 11 is 0. The van der Waals surface area contributed by atoms with Crippen LogP contribution in [0.25, 0.3) is 11.1 Å². The molecule has 4 heteroatoms. The first-order valence-electron chi connectivity index (χ1n) is 7.30. The number of oxazole rings is 1. The number of nitrogens with zero attached hydrogens (tertiary/aromatic N) is 1. The van der Waals surface area contributed by atoms with Crippen LogP contribution in [0.4, 0.5) is 0 Å². The predicted molar refractivity (Wildman–Crippen MR) is 83.6 cm³/mol. The van der Waals surface area contributed by atoms with Gasteiger partial charge in [-0.2, -0.15) is 0 Å². The van der Waals surface area contributed by atoms with Gasteiger partial charge in [-0.25, -0.2) is 4.79 Å². The summed E-state index contributed by atoms with van der Waals surface area (Å²) in [5.41, 5.74) is 2.00. The number of fused-ring (bicyclic) bond motifs is 1. The first-order chi connectivity index (χ1) is 9.67. The predicted octanol–water partition coefficient (Wildman–Crippen LogP) is 3.78. The SMILES string of the molecule is CC(CC(=O)c1ccc2c(c1)oc(=O)n2C)CC(C)(C)C. The molecule has 2 aromatic rings. The summed E-state index contributed by atoms with van der Waals surface area (Å²) in [6, 6.07) is 5.20. The number of carbonyl (C=O) groups is 1. The molecule has 0 amide bonds. The maximum Gasteiger partial charge on any atom is 0.419 e. The molecule has 0 aliphatic heterocycles. The van der Waals surface area contributed by atoms with E-state index in [4.69, 9.17) is 4.42 Å². The third-order valence-corrected chi connectivity index (χ3v) is 3.61. The average molecular weight is 289 g/mol. The van der Waals surface area contributed by atoms with Gasteiger partial charge in [0.2, 0.25) is 0 Å². The number of Topliss-reactive ketones (excluding diaryl/α,β-unsaturated/α-hetero) is 1. The minimum atomic E-state index is -0.407. The van der Waals surface area contributed by atoms with Crippen LogP contribution in [0.3, 0.4) is 0 Å². The second-order valence-corrected chi connectivity index (χ2v) is 7.11. The quantitative estimate of drug-likeness (QED) is 0.805. The van der Waals surface area contributed by atoms with E-state index in [1.54, 1.807) is 25.2 Å². The van der Waals surface area contributed by atoms with Crippen molar-refractivity contribution in [2.45, 2.75) is 40.5 Å². The van der Waals surface area contributed by atoms with Crippen LogP contribution in [0.15, 0.2) is 27.4 Å². The molecule has 2 rings (SSSR count). The van der Waals surface area contributed by atoms with E-state index in [1.807, 2.05) is 0 Å². The van der Waals surface area contributed by atoms with Gasteiger partial charge in [0.25, 0.3) is 0 Å². The molecule has 0 radical (unpaired) electrons. The first-order valence-corrected chi connectivity index (χ1v) is 7.30. The molecule has 0 N–H and O–H groups in total. The van der Waals surface area contributed by atoms with Gasteiger partial charge in [-0.1, -0.05) is 27.7 Å². The number of aromatic nitrogens is 1. The topological polar surface area (TPSA) is 52.2 Å². The van der Waals surface area contributed by atoms with Gasteiger partial charge in [-0.3, -0.25) is 9.36 Å². The summed E-state index contributed by atoms with van der Waals surface area (Å²) in [6.07, 6.45) is 1.52. The molecule has 21 heavy (non-hydrogen) atoms. The number of aryl methyl sites for hydroxylation is 1. The number of hydrogen-bond donors (Lipinski definition) is 0. The van der Waals surface area contributed by atoms with Gasteiger partial charge in [0.15, 0.2) is 11.4 Å². The highest BCUT2D eigenvalue weighted by Crippen LogP contribution is 2.27. The summed E-state index contributed by atoms with van der Waals surface area (Å²) in [7, 11) is 1.65. The second kappa shape index (κ2) is 5.51. The van der Waals surface area contributed by atoms with E-state index in [0.717, 1.165) is 6.42 Å². The fourth-order valence-corrected chi connectivity index (χ4v) is 2.86. The lowest BCUT2D eigenvalue weighted by atomic mass is 9.83. The molecule has 0 aliphatic carbocycles. The number of ketones is 1. The van der Waals surface area contributed by atoms with Crippen LogP contribution in [0, 0.1) is 11.3 Å². The Balaban J connectivity index is 2.18. The van der Waals surface area contributed by atoms with Crippen molar-refractivity contribution >= 4 is 16.9 Å². The van der Waals surface area contributed by atoms with Crippen LogP contribution >= 0.6 is 0 Å². The summed E-state index contributed by atoms with van der Waals surface area (Å²) in [4.78, 5) is 23.8. The van der Waals surface area contributed by atoms with E-state index in [9.17, 15) is 9.59 Å². The first kappa shape index (κ1) is 15.5. The molecule has 0 saturated carbocycles. The molecule has 1 atom stereocenters. The zero-order valence-electron chi connectivity index (χ0n) is 13.4. The van der Waals surface area contributed by atoms with Crippen LogP contribution < -0.4 is 5.76 Å². The van der Waals surface area contributed by atoms with Crippen molar-refractivity contribution in [1.82, 2.24) is 4.57 Å². The minimum absolute atomic E-state index is 0.0974. The van der Waals surface area contributed by atoms with Crippen molar-refractivity contribution in [3.05, 3.63) is 34.3 Å². The van der Waals surface area contributed by atoms with E-state index in [1.165, 1.54) is 4.57 Å².